The highest BCUT2D eigenvalue weighted by molar-refractivity contribution is 6.30. The third-order valence-electron chi connectivity index (χ3n) is 5.29. The summed E-state index contributed by atoms with van der Waals surface area (Å²) in [6.07, 6.45) is 1.85. The Kier molecular flexibility index (Phi) is 7.69. The van der Waals surface area contributed by atoms with Gasteiger partial charge in [0, 0.05) is 11.6 Å². The highest BCUT2D eigenvalue weighted by atomic mass is 35.5. The van der Waals surface area contributed by atoms with Crippen molar-refractivity contribution in [3.8, 4) is 6.07 Å². The van der Waals surface area contributed by atoms with E-state index in [1.54, 1.807) is 0 Å². The smallest absolute Gasteiger partial charge is 0.0845 e. The number of nitrogens with zero attached hydrogens (tertiary/aromatic N) is 2. The molecule has 0 aliphatic rings. The number of hydrogen-bond acceptors (Lipinski definition) is 2. The lowest BCUT2D eigenvalue weighted by Crippen LogP contribution is -2.32. The van der Waals surface area contributed by atoms with E-state index >= 15 is 0 Å². The molecular weight excluding hydrogens is 340 g/mol. The van der Waals surface area contributed by atoms with Gasteiger partial charge in [-0.05, 0) is 55.1 Å². The van der Waals surface area contributed by atoms with Crippen LogP contribution < -0.4 is 0 Å². The zero-order valence-corrected chi connectivity index (χ0v) is 16.8. The first-order valence-corrected chi connectivity index (χ1v) is 9.83. The maximum absolute atomic E-state index is 10.0. The van der Waals surface area contributed by atoms with E-state index in [9.17, 15) is 5.26 Å². The molecule has 0 saturated carbocycles. The Hall–Kier alpha value is -1.82. The Bertz CT molecular complexity index is 703. The Morgan fingerprint density at radius 3 is 2.27 bits per heavy atom. The van der Waals surface area contributed by atoms with E-state index in [4.69, 9.17) is 11.6 Å². The van der Waals surface area contributed by atoms with Gasteiger partial charge in [0.15, 0.2) is 0 Å². The molecule has 0 amide bonds. The Labute approximate surface area is 163 Å². The van der Waals surface area contributed by atoms with Crippen LogP contribution in [0.25, 0.3) is 0 Å². The van der Waals surface area contributed by atoms with Crippen LogP contribution in [0, 0.1) is 17.2 Å². The van der Waals surface area contributed by atoms with Gasteiger partial charge in [0.25, 0.3) is 0 Å². The average Bonchev–Trinajstić information content (AvgIpc) is 2.66. The predicted molar refractivity (Wildman–Crippen MR) is 110 cm³/mol. The van der Waals surface area contributed by atoms with E-state index in [1.165, 1.54) is 5.56 Å². The SMILES string of the molecule is CCN(CCCC(C#N)(c1ccc(Cl)cc1)C(C)C)Cc1ccccc1. The number of hydrogen-bond donors (Lipinski definition) is 0. The summed E-state index contributed by atoms with van der Waals surface area (Å²) in [5, 5.41) is 10.7. The van der Waals surface area contributed by atoms with Gasteiger partial charge in [0.1, 0.15) is 0 Å². The van der Waals surface area contributed by atoms with Gasteiger partial charge in [-0.2, -0.15) is 5.26 Å². The van der Waals surface area contributed by atoms with E-state index in [1.807, 2.05) is 24.3 Å². The van der Waals surface area contributed by atoms with Crippen molar-refractivity contribution in [3.63, 3.8) is 0 Å². The molecule has 0 aromatic heterocycles. The van der Waals surface area contributed by atoms with Gasteiger partial charge < -0.3 is 0 Å². The second-order valence-electron chi connectivity index (χ2n) is 7.20. The summed E-state index contributed by atoms with van der Waals surface area (Å²) in [6.45, 7) is 9.44. The molecule has 0 fully saturated rings. The first kappa shape index (κ1) is 20.5. The molecule has 0 bridgehead atoms. The topological polar surface area (TPSA) is 27.0 Å². The van der Waals surface area contributed by atoms with Crippen molar-refractivity contribution >= 4 is 11.6 Å². The molecule has 0 saturated heterocycles. The third kappa shape index (κ3) is 5.10. The Morgan fingerprint density at radius 1 is 1.08 bits per heavy atom. The van der Waals surface area contributed by atoms with Gasteiger partial charge >= 0.3 is 0 Å². The number of rotatable bonds is 9. The van der Waals surface area contributed by atoms with Crippen LogP contribution in [0.1, 0.15) is 44.7 Å². The molecule has 138 valence electrons. The van der Waals surface area contributed by atoms with Crippen LogP contribution in [0.2, 0.25) is 5.02 Å². The quantitative estimate of drug-likeness (QED) is 0.537. The van der Waals surface area contributed by atoms with Crippen molar-refractivity contribution in [1.29, 1.82) is 5.26 Å². The van der Waals surface area contributed by atoms with Crippen molar-refractivity contribution in [3.05, 3.63) is 70.7 Å². The van der Waals surface area contributed by atoms with E-state index in [0.717, 1.165) is 38.0 Å². The van der Waals surface area contributed by atoms with Crippen LogP contribution in [0.4, 0.5) is 0 Å². The minimum Gasteiger partial charge on any atom is -0.299 e. The second-order valence-corrected chi connectivity index (χ2v) is 7.64. The highest BCUT2D eigenvalue weighted by Gasteiger charge is 2.35. The third-order valence-corrected chi connectivity index (χ3v) is 5.54. The van der Waals surface area contributed by atoms with Crippen LogP contribution in [-0.2, 0) is 12.0 Å². The van der Waals surface area contributed by atoms with E-state index in [2.05, 4.69) is 62.1 Å². The molecule has 3 heteroatoms. The van der Waals surface area contributed by atoms with Crippen molar-refractivity contribution in [2.45, 2.75) is 45.6 Å². The Balaban J connectivity index is 2.05. The van der Waals surface area contributed by atoms with Gasteiger partial charge in [-0.1, -0.05) is 74.8 Å². The van der Waals surface area contributed by atoms with Gasteiger partial charge in [-0.25, -0.2) is 0 Å². The summed E-state index contributed by atoms with van der Waals surface area (Å²) < 4.78 is 0. The molecule has 2 nitrogen and oxygen atoms in total. The molecule has 0 spiro atoms. The number of benzene rings is 2. The van der Waals surface area contributed by atoms with Crippen molar-refractivity contribution in [2.24, 2.45) is 5.92 Å². The molecular formula is C23H29ClN2. The molecule has 0 heterocycles. The van der Waals surface area contributed by atoms with Crippen molar-refractivity contribution < 1.29 is 0 Å². The summed E-state index contributed by atoms with van der Waals surface area (Å²) in [7, 11) is 0. The lowest BCUT2D eigenvalue weighted by Gasteiger charge is -2.32. The minimum absolute atomic E-state index is 0.248. The monoisotopic (exact) mass is 368 g/mol. The first-order valence-electron chi connectivity index (χ1n) is 9.45. The van der Waals surface area contributed by atoms with Crippen LogP contribution in [0.15, 0.2) is 54.6 Å². The van der Waals surface area contributed by atoms with Gasteiger partial charge in [0.05, 0.1) is 11.5 Å². The minimum atomic E-state index is -0.462. The molecule has 0 N–H and O–H groups in total. The Morgan fingerprint density at radius 2 is 1.73 bits per heavy atom. The molecule has 2 aromatic carbocycles. The van der Waals surface area contributed by atoms with Gasteiger partial charge in [0.2, 0.25) is 0 Å². The van der Waals surface area contributed by atoms with Crippen LogP contribution in [-0.4, -0.2) is 18.0 Å². The number of halogens is 1. The van der Waals surface area contributed by atoms with Crippen LogP contribution in [0.5, 0.6) is 0 Å². The molecule has 0 aliphatic carbocycles. The van der Waals surface area contributed by atoms with Crippen LogP contribution >= 0.6 is 11.6 Å². The lowest BCUT2D eigenvalue weighted by atomic mass is 9.70. The standard InChI is InChI=1S/C23H29ClN2/c1-4-26(17-20-9-6-5-7-10-20)16-8-15-23(18-25,19(2)3)21-11-13-22(24)14-12-21/h5-7,9-14,19H,4,8,15-17H2,1-3H3. The average molecular weight is 369 g/mol. The van der Waals surface area contributed by atoms with Crippen LogP contribution in [0.3, 0.4) is 0 Å². The second kappa shape index (κ2) is 9.76. The van der Waals surface area contributed by atoms with E-state index in [-0.39, 0.29) is 5.92 Å². The summed E-state index contributed by atoms with van der Waals surface area (Å²) in [4.78, 5) is 2.44. The van der Waals surface area contributed by atoms with Crippen molar-refractivity contribution in [2.75, 3.05) is 13.1 Å². The lowest BCUT2D eigenvalue weighted by molar-refractivity contribution is 0.255. The first-order chi connectivity index (χ1) is 12.5. The molecule has 0 aliphatic heterocycles. The maximum atomic E-state index is 10.0. The normalized spacial score (nSPS) is 13.6. The maximum Gasteiger partial charge on any atom is 0.0845 e. The molecule has 2 rings (SSSR count). The zero-order valence-electron chi connectivity index (χ0n) is 16.1. The fourth-order valence-corrected chi connectivity index (χ4v) is 3.66. The molecule has 26 heavy (non-hydrogen) atoms. The largest absolute Gasteiger partial charge is 0.299 e. The van der Waals surface area contributed by atoms with Gasteiger partial charge in [-0.3, -0.25) is 4.90 Å². The number of nitriles is 1. The summed E-state index contributed by atoms with van der Waals surface area (Å²) in [6, 6.07) is 21.0. The fourth-order valence-electron chi connectivity index (χ4n) is 3.54. The molecule has 0 radical (unpaired) electrons. The molecule has 1 atom stereocenters. The highest BCUT2D eigenvalue weighted by Crippen LogP contribution is 2.37. The summed E-state index contributed by atoms with van der Waals surface area (Å²) in [5.41, 5.74) is 1.95. The van der Waals surface area contributed by atoms with Gasteiger partial charge in [-0.15, -0.1) is 0 Å². The molecule has 1 unspecified atom stereocenters. The zero-order chi connectivity index (χ0) is 19.0. The van der Waals surface area contributed by atoms with Crippen molar-refractivity contribution in [1.82, 2.24) is 4.90 Å². The molecule has 2 aromatic rings. The summed E-state index contributed by atoms with van der Waals surface area (Å²) in [5.74, 6) is 0.248. The van der Waals surface area contributed by atoms with E-state index in [0.29, 0.717) is 5.02 Å². The van der Waals surface area contributed by atoms with E-state index < -0.39 is 5.41 Å². The summed E-state index contributed by atoms with van der Waals surface area (Å²) >= 11 is 6.04. The predicted octanol–water partition coefficient (Wildman–Crippen LogP) is 6.06. The fraction of sp³-hybridized carbons (Fsp3) is 0.435.